The molecule has 1 unspecified atom stereocenters. The van der Waals surface area contributed by atoms with Crippen LogP contribution in [0.5, 0.6) is 0 Å². The zero-order valence-electron chi connectivity index (χ0n) is 14.7. The molecule has 3 aromatic rings. The summed E-state index contributed by atoms with van der Waals surface area (Å²) in [5.41, 5.74) is 2.32. The Hall–Kier alpha value is -1.96. The smallest absolute Gasteiger partial charge is 0.250 e. The van der Waals surface area contributed by atoms with Crippen molar-refractivity contribution in [3.8, 4) is 10.6 Å². The number of aromatic nitrogens is 1. The van der Waals surface area contributed by atoms with E-state index in [4.69, 9.17) is 4.42 Å². The highest BCUT2D eigenvalue weighted by Gasteiger charge is 2.30. The van der Waals surface area contributed by atoms with Crippen molar-refractivity contribution in [2.75, 3.05) is 0 Å². The van der Waals surface area contributed by atoms with Gasteiger partial charge in [0, 0.05) is 12.0 Å². The van der Waals surface area contributed by atoms with Gasteiger partial charge in [-0.05, 0) is 55.4 Å². The Morgan fingerprint density at radius 2 is 1.96 bits per heavy atom. The molecule has 0 spiro atoms. The van der Waals surface area contributed by atoms with Crippen LogP contribution in [0.3, 0.4) is 0 Å². The maximum atomic E-state index is 12.9. The van der Waals surface area contributed by atoms with Crippen molar-refractivity contribution in [1.29, 1.82) is 0 Å². The molecule has 2 heterocycles. The summed E-state index contributed by atoms with van der Waals surface area (Å²) < 4.78 is 34.9. The molecule has 0 saturated heterocycles. The van der Waals surface area contributed by atoms with Crippen LogP contribution in [0.15, 0.2) is 51.2 Å². The lowest BCUT2D eigenvalue weighted by atomic mass is 9.88. The van der Waals surface area contributed by atoms with Gasteiger partial charge in [0.2, 0.25) is 0 Å². The zero-order chi connectivity index (χ0) is 18.4. The topological polar surface area (TPSA) is 72.2 Å². The Morgan fingerprint density at radius 1 is 1.11 bits per heavy atom. The number of rotatable bonds is 5. The second-order valence-corrected chi connectivity index (χ2v) is 10.2. The van der Waals surface area contributed by atoms with Gasteiger partial charge in [0.15, 0.2) is 11.7 Å². The molecule has 0 radical (unpaired) electrons. The molecule has 1 atom stereocenters. The minimum Gasteiger partial charge on any atom is -0.440 e. The van der Waals surface area contributed by atoms with Crippen molar-refractivity contribution >= 4 is 21.4 Å². The van der Waals surface area contributed by atoms with Gasteiger partial charge in [-0.25, -0.2) is 18.1 Å². The van der Waals surface area contributed by atoms with Crippen molar-refractivity contribution in [3.05, 3.63) is 59.6 Å². The van der Waals surface area contributed by atoms with Crippen LogP contribution in [0.2, 0.25) is 0 Å². The molecule has 5 nitrogen and oxygen atoms in total. The average molecular weight is 401 g/mol. The van der Waals surface area contributed by atoms with E-state index in [0.29, 0.717) is 15.9 Å². The van der Waals surface area contributed by atoms with E-state index in [-0.39, 0.29) is 6.04 Å². The van der Waals surface area contributed by atoms with Gasteiger partial charge in [-0.1, -0.05) is 24.3 Å². The van der Waals surface area contributed by atoms with E-state index >= 15 is 0 Å². The van der Waals surface area contributed by atoms with Gasteiger partial charge in [-0.3, -0.25) is 0 Å². The number of hydrogen-bond acceptors (Lipinski definition) is 5. The number of oxazole rings is 1. The number of fused-ring (bicyclic) bond motifs is 1. The van der Waals surface area contributed by atoms with Crippen molar-refractivity contribution < 1.29 is 12.8 Å². The first-order chi connectivity index (χ1) is 13.1. The van der Waals surface area contributed by atoms with Gasteiger partial charge in [-0.2, -0.15) is 0 Å². The quantitative estimate of drug-likeness (QED) is 0.677. The zero-order valence-corrected chi connectivity index (χ0v) is 16.4. The predicted molar refractivity (Wildman–Crippen MR) is 104 cm³/mol. The maximum Gasteiger partial charge on any atom is 0.250 e. The minimum absolute atomic E-state index is 0.169. The summed E-state index contributed by atoms with van der Waals surface area (Å²) >= 11 is 1.22. The SMILES string of the molecule is O=S(=O)(NC1CCCc2ccccc21)c1ccc(-c2cnc(C3CC3)o2)s1. The van der Waals surface area contributed by atoms with Crippen molar-refractivity contribution in [1.82, 2.24) is 9.71 Å². The van der Waals surface area contributed by atoms with Crippen LogP contribution in [0.4, 0.5) is 0 Å². The van der Waals surface area contributed by atoms with E-state index in [1.807, 2.05) is 18.2 Å². The highest BCUT2D eigenvalue weighted by atomic mass is 32.2. The molecule has 0 bridgehead atoms. The summed E-state index contributed by atoms with van der Waals surface area (Å²) in [7, 11) is -3.58. The van der Waals surface area contributed by atoms with Crippen LogP contribution in [-0.4, -0.2) is 13.4 Å². The lowest BCUT2D eigenvalue weighted by Crippen LogP contribution is -2.30. The van der Waals surface area contributed by atoms with Crippen LogP contribution in [0.25, 0.3) is 10.6 Å². The average Bonchev–Trinajstić information content (AvgIpc) is 3.19. The molecule has 0 amide bonds. The molecule has 1 aromatic carbocycles. The van der Waals surface area contributed by atoms with Gasteiger partial charge in [0.1, 0.15) is 4.21 Å². The van der Waals surface area contributed by atoms with E-state index in [2.05, 4.69) is 15.8 Å². The third kappa shape index (κ3) is 3.35. The van der Waals surface area contributed by atoms with Gasteiger partial charge in [-0.15, -0.1) is 11.3 Å². The van der Waals surface area contributed by atoms with Gasteiger partial charge >= 0.3 is 0 Å². The second kappa shape index (κ2) is 6.58. The number of nitrogens with one attached hydrogen (secondary N) is 1. The molecule has 0 aliphatic heterocycles. The predicted octanol–water partition coefficient (Wildman–Crippen LogP) is 4.64. The maximum absolute atomic E-state index is 12.9. The van der Waals surface area contributed by atoms with E-state index in [1.54, 1.807) is 18.3 Å². The monoisotopic (exact) mass is 400 g/mol. The van der Waals surface area contributed by atoms with Gasteiger partial charge in [0.25, 0.3) is 10.0 Å². The lowest BCUT2D eigenvalue weighted by molar-refractivity contribution is 0.508. The molecular weight excluding hydrogens is 380 g/mol. The highest BCUT2D eigenvalue weighted by molar-refractivity contribution is 7.91. The highest BCUT2D eigenvalue weighted by Crippen LogP contribution is 2.41. The van der Waals surface area contributed by atoms with E-state index < -0.39 is 10.0 Å². The van der Waals surface area contributed by atoms with Crippen molar-refractivity contribution in [3.63, 3.8) is 0 Å². The Labute approximate surface area is 162 Å². The van der Waals surface area contributed by atoms with Gasteiger partial charge in [0.05, 0.1) is 11.1 Å². The summed E-state index contributed by atoms with van der Waals surface area (Å²) in [6.45, 7) is 0. The third-order valence-electron chi connectivity index (χ3n) is 5.21. The van der Waals surface area contributed by atoms with Crippen LogP contribution < -0.4 is 4.72 Å². The first-order valence-corrected chi connectivity index (χ1v) is 11.6. The minimum atomic E-state index is -3.58. The molecule has 2 aliphatic carbocycles. The van der Waals surface area contributed by atoms with Crippen LogP contribution in [0.1, 0.15) is 54.7 Å². The summed E-state index contributed by atoms with van der Waals surface area (Å²) in [6.07, 6.45) is 6.75. The molecule has 1 saturated carbocycles. The summed E-state index contributed by atoms with van der Waals surface area (Å²) in [4.78, 5) is 5.11. The number of sulfonamides is 1. The number of thiophene rings is 1. The van der Waals surface area contributed by atoms with E-state index in [0.717, 1.165) is 48.4 Å². The standard InChI is InChI=1S/C20H20N2O3S2/c23-27(24,22-16-7-3-5-13-4-1-2-6-15(13)16)19-11-10-18(26-19)17-12-21-20(25-17)14-8-9-14/h1-2,4,6,10-12,14,16,22H,3,5,7-9H2. The number of aryl methyl sites for hydroxylation is 1. The van der Waals surface area contributed by atoms with Crippen LogP contribution in [0, 0.1) is 0 Å². The molecule has 140 valence electrons. The molecule has 2 aliphatic rings. The third-order valence-corrected chi connectivity index (χ3v) is 8.27. The fourth-order valence-corrected chi connectivity index (χ4v) is 6.16. The molecular formula is C20H20N2O3S2. The Bertz CT molecular complexity index is 1080. The normalized spacial score (nSPS) is 19.8. The number of hydrogen-bond donors (Lipinski definition) is 1. The first-order valence-electron chi connectivity index (χ1n) is 9.26. The Kier molecular flexibility index (Phi) is 4.18. The Balaban J connectivity index is 1.39. The molecule has 1 N–H and O–H groups in total. The molecule has 1 fully saturated rings. The first kappa shape index (κ1) is 17.2. The van der Waals surface area contributed by atoms with Crippen LogP contribution in [-0.2, 0) is 16.4 Å². The Morgan fingerprint density at radius 3 is 2.81 bits per heavy atom. The largest absolute Gasteiger partial charge is 0.440 e. The number of nitrogens with zero attached hydrogens (tertiary/aromatic N) is 1. The van der Waals surface area contributed by atoms with Crippen LogP contribution >= 0.6 is 11.3 Å². The summed E-state index contributed by atoms with van der Waals surface area (Å²) in [5.74, 6) is 1.85. The van der Waals surface area contributed by atoms with Crippen molar-refractivity contribution in [2.24, 2.45) is 0 Å². The van der Waals surface area contributed by atoms with Gasteiger partial charge < -0.3 is 4.42 Å². The molecule has 7 heteroatoms. The summed E-state index contributed by atoms with van der Waals surface area (Å²) in [5, 5.41) is 0. The number of benzene rings is 1. The molecule has 5 rings (SSSR count). The fourth-order valence-electron chi connectivity index (χ4n) is 3.64. The lowest BCUT2D eigenvalue weighted by Gasteiger charge is -2.25. The summed E-state index contributed by atoms with van der Waals surface area (Å²) in [6, 6.07) is 11.4. The van der Waals surface area contributed by atoms with E-state index in [9.17, 15) is 8.42 Å². The molecule has 27 heavy (non-hydrogen) atoms. The molecule has 2 aromatic heterocycles. The second-order valence-electron chi connectivity index (χ2n) is 7.22. The van der Waals surface area contributed by atoms with Crippen molar-refractivity contribution in [2.45, 2.75) is 48.3 Å². The fraction of sp³-hybridized carbons (Fsp3) is 0.350. The van der Waals surface area contributed by atoms with E-state index in [1.165, 1.54) is 16.9 Å².